The van der Waals surface area contributed by atoms with Crippen LogP contribution in [-0.2, 0) is 11.0 Å². The second-order valence-corrected chi connectivity index (χ2v) is 7.60. The number of halogens is 3. The number of carbonyl (C=O) groups is 1. The molecule has 0 aliphatic carbocycles. The van der Waals surface area contributed by atoms with E-state index in [4.69, 9.17) is 0 Å². The monoisotopic (exact) mass is 419 g/mol. The van der Waals surface area contributed by atoms with Gasteiger partial charge in [0.1, 0.15) is 11.1 Å². The number of aryl methyl sites for hydroxylation is 1. The summed E-state index contributed by atoms with van der Waals surface area (Å²) in [6, 6.07) is 13.5. The molecule has 0 fully saturated rings. The summed E-state index contributed by atoms with van der Waals surface area (Å²) >= 11 is 1.21. The van der Waals surface area contributed by atoms with Crippen LogP contribution in [0.5, 0.6) is 0 Å². The quantitative estimate of drug-likeness (QED) is 0.672. The van der Waals surface area contributed by atoms with E-state index in [1.165, 1.54) is 23.9 Å². The highest BCUT2D eigenvalue weighted by atomic mass is 32.2. The third-order valence-corrected chi connectivity index (χ3v) is 5.69. The molecule has 2 heterocycles. The number of carbonyl (C=O) groups excluding carboxylic acids is 1. The van der Waals surface area contributed by atoms with Gasteiger partial charge in [-0.1, -0.05) is 48.2 Å². The minimum atomic E-state index is -4.48. The fourth-order valence-electron chi connectivity index (χ4n) is 3.06. The summed E-state index contributed by atoms with van der Waals surface area (Å²) < 4.78 is 40.6. The maximum Gasteiger partial charge on any atom is 0.416 e. The van der Waals surface area contributed by atoms with Crippen LogP contribution < -0.4 is 10.7 Å². The lowest BCUT2D eigenvalue weighted by Gasteiger charge is -2.32. The highest BCUT2D eigenvalue weighted by Crippen LogP contribution is 2.37. The molecule has 1 aliphatic rings. The molecule has 0 bridgehead atoms. The van der Waals surface area contributed by atoms with Crippen LogP contribution in [0.25, 0.3) is 0 Å². The van der Waals surface area contributed by atoms with E-state index >= 15 is 0 Å². The Morgan fingerprint density at radius 1 is 1.14 bits per heavy atom. The van der Waals surface area contributed by atoms with Crippen LogP contribution in [0.3, 0.4) is 0 Å². The van der Waals surface area contributed by atoms with E-state index in [1.807, 2.05) is 30.3 Å². The molecule has 0 saturated carbocycles. The Balaban J connectivity index is 1.63. The lowest BCUT2D eigenvalue weighted by molar-refractivity contribution is -0.137. The Bertz CT molecular complexity index is 1040. The van der Waals surface area contributed by atoms with Gasteiger partial charge < -0.3 is 10.7 Å². The van der Waals surface area contributed by atoms with Crippen molar-refractivity contribution in [1.29, 1.82) is 0 Å². The zero-order valence-electron chi connectivity index (χ0n) is 15.1. The number of hydrogen-bond donors (Lipinski definition) is 2. The van der Waals surface area contributed by atoms with Crippen LogP contribution in [0, 0.1) is 6.92 Å². The van der Waals surface area contributed by atoms with Crippen molar-refractivity contribution in [3.63, 3.8) is 0 Å². The van der Waals surface area contributed by atoms with E-state index in [9.17, 15) is 18.0 Å². The molecule has 0 radical (unpaired) electrons. The lowest BCUT2D eigenvalue weighted by atomic mass is 10.0. The maximum atomic E-state index is 13.0. The van der Waals surface area contributed by atoms with Crippen molar-refractivity contribution in [2.24, 2.45) is 0 Å². The Kier molecular flexibility index (Phi) is 4.95. The molecular formula is C19H16F3N5OS. The van der Waals surface area contributed by atoms with Crippen molar-refractivity contribution in [2.75, 3.05) is 10.7 Å². The number of rotatable bonds is 3. The van der Waals surface area contributed by atoms with Crippen molar-refractivity contribution in [3.8, 4) is 0 Å². The largest absolute Gasteiger partial charge is 0.416 e. The first-order chi connectivity index (χ1) is 13.8. The average molecular weight is 419 g/mol. The van der Waals surface area contributed by atoms with E-state index < -0.39 is 28.9 Å². The van der Waals surface area contributed by atoms with Crippen molar-refractivity contribution in [2.45, 2.75) is 29.5 Å². The number of anilines is 1. The minimum absolute atomic E-state index is 0.0838. The van der Waals surface area contributed by atoms with Crippen LogP contribution in [0.15, 0.2) is 59.8 Å². The first-order valence-electron chi connectivity index (χ1n) is 8.71. The van der Waals surface area contributed by atoms with E-state index in [0.29, 0.717) is 11.0 Å². The first kappa shape index (κ1) is 19.3. The van der Waals surface area contributed by atoms with Crippen LogP contribution in [0.1, 0.15) is 23.0 Å². The number of aromatic nitrogens is 3. The molecule has 29 heavy (non-hydrogen) atoms. The molecule has 10 heteroatoms. The standard InChI is InChI=1S/C19H16F3N5OS/c1-11-24-25-18-27(11)26-15(12-6-3-2-4-7-12)16(29-18)17(28)23-14-9-5-8-13(10-14)19(20,21)22/h2-10,15-16,26H,1H3,(H,23,28)/t15-,16+/m1/s1. The highest BCUT2D eigenvalue weighted by molar-refractivity contribution is 8.00. The van der Waals surface area contributed by atoms with Gasteiger partial charge in [-0.15, -0.1) is 10.2 Å². The average Bonchev–Trinajstić information content (AvgIpc) is 3.07. The minimum Gasteiger partial charge on any atom is -0.325 e. The molecule has 0 unspecified atom stereocenters. The topological polar surface area (TPSA) is 71.8 Å². The van der Waals surface area contributed by atoms with Crippen molar-refractivity contribution < 1.29 is 18.0 Å². The fourth-order valence-corrected chi connectivity index (χ4v) is 4.18. The zero-order chi connectivity index (χ0) is 20.6. The van der Waals surface area contributed by atoms with Crippen LogP contribution in [0.4, 0.5) is 18.9 Å². The van der Waals surface area contributed by atoms with Gasteiger partial charge in [0.2, 0.25) is 11.1 Å². The molecule has 6 nitrogen and oxygen atoms in total. The van der Waals surface area contributed by atoms with Gasteiger partial charge in [0.15, 0.2) is 0 Å². The van der Waals surface area contributed by atoms with E-state index in [1.54, 1.807) is 11.6 Å². The van der Waals surface area contributed by atoms with Crippen LogP contribution in [-0.4, -0.2) is 26.0 Å². The Morgan fingerprint density at radius 3 is 2.62 bits per heavy atom. The van der Waals surface area contributed by atoms with Crippen LogP contribution >= 0.6 is 11.8 Å². The molecule has 4 rings (SSSR count). The number of nitrogens with one attached hydrogen (secondary N) is 2. The normalized spacial score (nSPS) is 18.6. The lowest BCUT2D eigenvalue weighted by Crippen LogP contribution is -2.41. The Morgan fingerprint density at radius 2 is 1.90 bits per heavy atom. The van der Waals surface area contributed by atoms with Crippen molar-refractivity contribution in [3.05, 3.63) is 71.5 Å². The summed E-state index contributed by atoms with van der Waals surface area (Å²) in [6.07, 6.45) is -4.48. The van der Waals surface area contributed by atoms with Gasteiger partial charge in [0, 0.05) is 5.69 Å². The fraction of sp³-hybridized carbons (Fsp3) is 0.211. The number of hydrogen-bond acceptors (Lipinski definition) is 5. The zero-order valence-corrected chi connectivity index (χ0v) is 16.0. The molecule has 0 saturated heterocycles. The van der Waals surface area contributed by atoms with E-state index in [-0.39, 0.29) is 5.69 Å². The number of amides is 1. The smallest absolute Gasteiger partial charge is 0.325 e. The van der Waals surface area contributed by atoms with Crippen LogP contribution in [0.2, 0.25) is 0 Å². The number of thioether (sulfide) groups is 1. The maximum absolute atomic E-state index is 13.0. The molecule has 2 N–H and O–H groups in total. The summed E-state index contributed by atoms with van der Waals surface area (Å²) in [7, 11) is 0. The summed E-state index contributed by atoms with van der Waals surface area (Å²) in [6.45, 7) is 1.79. The van der Waals surface area contributed by atoms with Gasteiger partial charge in [-0.25, -0.2) is 4.68 Å². The molecule has 1 amide bonds. The molecule has 0 spiro atoms. The number of benzene rings is 2. The summed E-state index contributed by atoms with van der Waals surface area (Å²) in [5, 5.41) is 10.5. The second kappa shape index (κ2) is 7.43. The van der Waals surface area contributed by atoms with Crippen molar-refractivity contribution in [1.82, 2.24) is 14.9 Å². The summed E-state index contributed by atoms with van der Waals surface area (Å²) in [5.41, 5.74) is 3.37. The van der Waals surface area contributed by atoms with Gasteiger partial charge in [-0.05, 0) is 30.7 Å². The number of fused-ring (bicyclic) bond motifs is 1. The predicted molar refractivity (Wildman–Crippen MR) is 103 cm³/mol. The third-order valence-electron chi connectivity index (χ3n) is 4.47. The van der Waals surface area contributed by atoms with E-state index in [0.717, 1.165) is 17.7 Å². The molecule has 3 aromatic rings. The molecule has 1 aromatic heterocycles. The van der Waals surface area contributed by atoms with Gasteiger partial charge in [-0.3, -0.25) is 4.79 Å². The van der Waals surface area contributed by atoms with Gasteiger partial charge in [0.25, 0.3) is 0 Å². The second-order valence-electron chi connectivity index (χ2n) is 6.49. The Hall–Kier alpha value is -3.01. The highest BCUT2D eigenvalue weighted by Gasteiger charge is 2.37. The van der Waals surface area contributed by atoms with Gasteiger partial charge in [-0.2, -0.15) is 13.2 Å². The molecular weight excluding hydrogens is 403 g/mol. The summed E-state index contributed by atoms with van der Waals surface area (Å²) in [4.78, 5) is 13.0. The first-order valence-corrected chi connectivity index (χ1v) is 9.59. The molecule has 2 aromatic carbocycles. The number of alkyl halides is 3. The van der Waals surface area contributed by atoms with Gasteiger partial charge in [0.05, 0.1) is 11.6 Å². The predicted octanol–water partition coefficient (Wildman–Crippen LogP) is 4.00. The van der Waals surface area contributed by atoms with Gasteiger partial charge >= 0.3 is 6.18 Å². The summed E-state index contributed by atoms with van der Waals surface area (Å²) in [5.74, 6) is 0.216. The molecule has 1 aliphatic heterocycles. The third kappa shape index (κ3) is 3.93. The molecule has 2 atom stereocenters. The Labute approximate surface area is 168 Å². The van der Waals surface area contributed by atoms with Crippen molar-refractivity contribution >= 4 is 23.4 Å². The SMILES string of the molecule is Cc1nnc2n1N[C@H](c1ccccc1)[C@@H](C(=O)Nc1cccc(C(F)(F)F)c1)S2. The molecule has 150 valence electrons. The van der Waals surface area contributed by atoms with E-state index in [2.05, 4.69) is 20.9 Å². The number of nitrogens with zero attached hydrogens (tertiary/aromatic N) is 3.